The van der Waals surface area contributed by atoms with Crippen molar-refractivity contribution in [3.8, 4) is 0 Å². The number of nitrogens with zero attached hydrogens (tertiary/aromatic N) is 2. The van der Waals surface area contributed by atoms with Gasteiger partial charge in [0.05, 0.1) is 5.69 Å². The van der Waals surface area contributed by atoms with Crippen LogP contribution in [0.4, 0.5) is 0 Å². The summed E-state index contributed by atoms with van der Waals surface area (Å²) in [7, 11) is 0. The average molecular weight is 285 g/mol. The quantitative estimate of drug-likeness (QED) is 0.752. The number of hydrogen-bond acceptors (Lipinski definition) is 1. The van der Waals surface area contributed by atoms with Crippen LogP contribution in [0.2, 0.25) is 0 Å². The summed E-state index contributed by atoms with van der Waals surface area (Å²) in [5.41, 5.74) is 1.64. The standard InChI is InChI=1S/C13H21BrN2/c1-10(2)16-7-6-12(15-16)8-13(3,9-14)11-4-5-11/h6-7,10-11H,4-5,8-9H2,1-3H3. The predicted octanol–water partition coefficient (Wildman–Crippen LogP) is 3.82. The minimum Gasteiger partial charge on any atom is -0.270 e. The number of alkyl halides is 1. The zero-order valence-electron chi connectivity index (χ0n) is 10.4. The van der Waals surface area contributed by atoms with E-state index >= 15 is 0 Å². The topological polar surface area (TPSA) is 17.8 Å². The summed E-state index contributed by atoms with van der Waals surface area (Å²) in [5, 5.41) is 5.73. The molecule has 1 atom stereocenters. The van der Waals surface area contributed by atoms with Gasteiger partial charge in [0, 0.05) is 17.6 Å². The second kappa shape index (κ2) is 4.52. The van der Waals surface area contributed by atoms with Crippen molar-refractivity contribution >= 4 is 15.9 Å². The summed E-state index contributed by atoms with van der Waals surface area (Å²) >= 11 is 3.67. The van der Waals surface area contributed by atoms with Crippen LogP contribution in [0, 0.1) is 11.3 Å². The summed E-state index contributed by atoms with van der Waals surface area (Å²) < 4.78 is 2.05. The third-order valence-electron chi connectivity index (χ3n) is 3.65. The molecule has 0 spiro atoms. The van der Waals surface area contributed by atoms with E-state index in [0.717, 1.165) is 17.7 Å². The molecule has 16 heavy (non-hydrogen) atoms. The van der Waals surface area contributed by atoms with Gasteiger partial charge in [0.15, 0.2) is 0 Å². The molecule has 90 valence electrons. The molecule has 1 aliphatic rings. The van der Waals surface area contributed by atoms with Gasteiger partial charge in [0.25, 0.3) is 0 Å². The molecule has 3 heteroatoms. The lowest BCUT2D eigenvalue weighted by molar-refractivity contribution is 0.313. The van der Waals surface area contributed by atoms with Gasteiger partial charge in [-0.05, 0) is 50.5 Å². The zero-order chi connectivity index (χ0) is 11.8. The van der Waals surface area contributed by atoms with Crippen LogP contribution in [0.25, 0.3) is 0 Å². The van der Waals surface area contributed by atoms with Crippen LogP contribution in [0.3, 0.4) is 0 Å². The van der Waals surface area contributed by atoms with E-state index in [1.165, 1.54) is 18.5 Å². The van der Waals surface area contributed by atoms with Gasteiger partial charge < -0.3 is 0 Å². The fourth-order valence-electron chi connectivity index (χ4n) is 2.25. The largest absolute Gasteiger partial charge is 0.270 e. The van der Waals surface area contributed by atoms with Crippen molar-refractivity contribution in [3.05, 3.63) is 18.0 Å². The fourth-order valence-corrected chi connectivity index (χ4v) is 2.91. The van der Waals surface area contributed by atoms with Crippen LogP contribution in [0.5, 0.6) is 0 Å². The monoisotopic (exact) mass is 284 g/mol. The van der Waals surface area contributed by atoms with Crippen LogP contribution in [-0.2, 0) is 6.42 Å². The van der Waals surface area contributed by atoms with Gasteiger partial charge in [-0.25, -0.2) is 0 Å². The Balaban J connectivity index is 2.06. The molecule has 1 aromatic heterocycles. The first-order valence-electron chi connectivity index (χ1n) is 6.15. The summed E-state index contributed by atoms with van der Waals surface area (Å²) in [6, 6.07) is 2.63. The van der Waals surface area contributed by atoms with Crippen LogP contribution >= 0.6 is 15.9 Å². The average Bonchev–Trinajstić information content (AvgIpc) is 3.00. The lowest BCUT2D eigenvalue weighted by Crippen LogP contribution is -2.24. The minimum atomic E-state index is 0.399. The van der Waals surface area contributed by atoms with Gasteiger partial charge in [-0.2, -0.15) is 5.10 Å². The Bertz CT molecular complexity index is 355. The van der Waals surface area contributed by atoms with Crippen LogP contribution in [0.15, 0.2) is 12.3 Å². The van der Waals surface area contributed by atoms with Crippen molar-refractivity contribution in [3.63, 3.8) is 0 Å². The Morgan fingerprint density at radius 2 is 2.25 bits per heavy atom. The smallest absolute Gasteiger partial charge is 0.0630 e. The summed E-state index contributed by atoms with van der Waals surface area (Å²) in [4.78, 5) is 0. The summed E-state index contributed by atoms with van der Waals surface area (Å²) in [5.74, 6) is 0.899. The molecule has 0 saturated heterocycles. The van der Waals surface area contributed by atoms with Gasteiger partial charge in [-0.3, -0.25) is 4.68 Å². The molecular formula is C13H21BrN2. The molecule has 2 rings (SSSR count). The van der Waals surface area contributed by atoms with Gasteiger partial charge >= 0.3 is 0 Å². The number of hydrogen-bond donors (Lipinski definition) is 0. The maximum absolute atomic E-state index is 4.65. The lowest BCUT2D eigenvalue weighted by Gasteiger charge is -2.26. The molecule has 1 fully saturated rings. The van der Waals surface area contributed by atoms with Crippen LogP contribution in [0.1, 0.15) is 45.3 Å². The van der Waals surface area contributed by atoms with E-state index in [0.29, 0.717) is 11.5 Å². The Labute approximate surface area is 107 Å². The highest BCUT2D eigenvalue weighted by Gasteiger charge is 2.40. The maximum Gasteiger partial charge on any atom is 0.0630 e. The molecule has 0 aliphatic heterocycles. The number of halogens is 1. The molecule has 1 heterocycles. The zero-order valence-corrected chi connectivity index (χ0v) is 12.0. The molecule has 0 aromatic carbocycles. The van der Waals surface area contributed by atoms with Crippen molar-refractivity contribution in [1.82, 2.24) is 9.78 Å². The minimum absolute atomic E-state index is 0.399. The number of rotatable bonds is 5. The first kappa shape index (κ1) is 12.2. The van der Waals surface area contributed by atoms with Crippen molar-refractivity contribution in [2.45, 2.75) is 46.1 Å². The SMILES string of the molecule is CC(C)n1ccc(CC(C)(CBr)C2CC2)n1. The molecule has 2 nitrogen and oxygen atoms in total. The Morgan fingerprint density at radius 1 is 1.56 bits per heavy atom. The van der Waals surface area contributed by atoms with Gasteiger partial charge in [0.1, 0.15) is 0 Å². The van der Waals surface area contributed by atoms with Crippen LogP contribution in [-0.4, -0.2) is 15.1 Å². The first-order valence-corrected chi connectivity index (χ1v) is 7.27. The molecule has 1 unspecified atom stereocenters. The molecule has 1 aromatic rings. The highest BCUT2D eigenvalue weighted by atomic mass is 79.9. The van der Waals surface area contributed by atoms with E-state index in [4.69, 9.17) is 0 Å². The molecule has 0 N–H and O–H groups in total. The van der Waals surface area contributed by atoms with Gasteiger partial charge in [-0.15, -0.1) is 0 Å². The molecule has 0 bridgehead atoms. The van der Waals surface area contributed by atoms with E-state index in [9.17, 15) is 0 Å². The highest BCUT2D eigenvalue weighted by molar-refractivity contribution is 9.09. The van der Waals surface area contributed by atoms with E-state index in [2.05, 4.69) is 58.7 Å². The van der Waals surface area contributed by atoms with Crippen molar-refractivity contribution < 1.29 is 0 Å². The maximum atomic E-state index is 4.65. The Morgan fingerprint density at radius 3 is 2.69 bits per heavy atom. The van der Waals surface area contributed by atoms with E-state index < -0.39 is 0 Å². The van der Waals surface area contributed by atoms with Crippen molar-refractivity contribution in [2.75, 3.05) is 5.33 Å². The second-order valence-electron chi connectivity index (χ2n) is 5.62. The molecular weight excluding hydrogens is 264 g/mol. The highest BCUT2D eigenvalue weighted by Crippen LogP contribution is 2.48. The predicted molar refractivity (Wildman–Crippen MR) is 70.9 cm³/mol. The molecule has 0 radical (unpaired) electrons. The second-order valence-corrected chi connectivity index (χ2v) is 6.18. The third kappa shape index (κ3) is 2.50. The summed E-state index contributed by atoms with van der Waals surface area (Å²) in [6.07, 6.45) is 5.99. The first-order chi connectivity index (χ1) is 7.55. The van der Waals surface area contributed by atoms with Gasteiger partial charge in [0.2, 0.25) is 0 Å². The summed E-state index contributed by atoms with van der Waals surface area (Å²) in [6.45, 7) is 6.72. The third-order valence-corrected chi connectivity index (χ3v) is 4.93. The van der Waals surface area contributed by atoms with Crippen molar-refractivity contribution in [1.29, 1.82) is 0 Å². The van der Waals surface area contributed by atoms with Crippen LogP contribution < -0.4 is 0 Å². The number of aromatic nitrogens is 2. The fraction of sp³-hybridized carbons (Fsp3) is 0.769. The van der Waals surface area contributed by atoms with Gasteiger partial charge in [-0.1, -0.05) is 22.9 Å². The van der Waals surface area contributed by atoms with E-state index in [-0.39, 0.29) is 0 Å². The van der Waals surface area contributed by atoms with E-state index in [1.807, 2.05) is 0 Å². The van der Waals surface area contributed by atoms with Crippen molar-refractivity contribution in [2.24, 2.45) is 11.3 Å². The molecule has 0 amide bonds. The Kier molecular flexibility index (Phi) is 3.43. The molecule has 1 aliphatic carbocycles. The normalized spacial score (nSPS) is 20.1. The molecule has 1 saturated carbocycles. The van der Waals surface area contributed by atoms with E-state index in [1.54, 1.807) is 0 Å². The Hall–Kier alpha value is -0.310. The lowest BCUT2D eigenvalue weighted by atomic mass is 9.82.